The summed E-state index contributed by atoms with van der Waals surface area (Å²) in [7, 11) is 3.56. The van der Waals surface area contributed by atoms with Crippen LogP contribution in [-0.2, 0) is 9.63 Å². The third kappa shape index (κ3) is 2.12. The first-order valence-electron chi connectivity index (χ1n) is 7.40. The normalized spacial score (nSPS) is 41.6. The van der Waals surface area contributed by atoms with Gasteiger partial charge in [-0.1, -0.05) is 0 Å². The van der Waals surface area contributed by atoms with E-state index in [9.17, 15) is 4.79 Å². The van der Waals surface area contributed by atoms with E-state index in [0.29, 0.717) is 12.2 Å². The molecule has 4 aliphatic carbocycles. The molecule has 102 valence electrons. The van der Waals surface area contributed by atoms with Crippen LogP contribution in [0.15, 0.2) is 0 Å². The van der Waals surface area contributed by atoms with Gasteiger partial charge >= 0.3 is 0 Å². The lowest BCUT2D eigenvalue weighted by Crippen LogP contribution is -2.50. The van der Waals surface area contributed by atoms with Crippen molar-refractivity contribution < 1.29 is 9.63 Å². The third-order valence-corrected chi connectivity index (χ3v) is 5.60. The first kappa shape index (κ1) is 12.6. The van der Waals surface area contributed by atoms with Gasteiger partial charge in [0, 0.05) is 25.4 Å². The maximum Gasteiger partial charge on any atom is 0.140 e. The summed E-state index contributed by atoms with van der Waals surface area (Å²) < 4.78 is 0. The second-order valence-electron chi connectivity index (χ2n) is 6.91. The third-order valence-electron chi connectivity index (χ3n) is 5.60. The van der Waals surface area contributed by atoms with Crippen LogP contribution in [0, 0.1) is 23.2 Å². The standard InChI is InChI=1S/C15H25NO2/c1-16(18-2)4-3-14(17)15-8-11-5-12(9-15)7-13(6-11)10-15/h11-13H,3-10H2,1-2H3. The smallest absolute Gasteiger partial charge is 0.140 e. The van der Waals surface area contributed by atoms with E-state index in [1.165, 1.54) is 38.5 Å². The average Bonchev–Trinajstić information content (AvgIpc) is 2.33. The molecule has 0 aromatic carbocycles. The molecule has 0 unspecified atom stereocenters. The van der Waals surface area contributed by atoms with Gasteiger partial charge in [-0.2, -0.15) is 5.06 Å². The molecule has 0 N–H and O–H groups in total. The highest BCUT2D eigenvalue weighted by Gasteiger charge is 2.53. The van der Waals surface area contributed by atoms with E-state index in [1.807, 2.05) is 7.05 Å². The number of ketones is 1. The molecule has 4 rings (SSSR count). The number of nitrogens with zero attached hydrogens (tertiary/aromatic N) is 1. The Morgan fingerprint density at radius 1 is 1.17 bits per heavy atom. The van der Waals surface area contributed by atoms with E-state index >= 15 is 0 Å². The zero-order valence-electron chi connectivity index (χ0n) is 11.7. The molecule has 3 nitrogen and oxygen atoms in total. The lowest BCUT2D eigenvalue weighted by molar-refractivity contribution is -0.149. The summed E-state index contributed by atoms with van der Waals surface area (Å²) >= 11 is 0. The van der Waals surface area contributed by atoms with Crippen LogP contribution in [-0.4, -0.2) is 31.5 Å². The maximum absolute atomic E-state index is 12.6. The van der Waals surface area contributed by atoms with Gasteiger partial charge < -0.3 is 4.84 Å². The molecular weight excluding hydrogens is 226 g/mol. The average molecular weight is 251 g/mol. The van der Waals surface area contributed by atoms with Crippen molar-refractivity contribution in [1.29, 1.82) is 0 Å². The fourth-order valence-electron chi connectivity index (χ4n) is 5.07. The number of hydroxylamine groups is 2. The van der Waals surface area contributed by atoms with Crippen LogP contribution in [0.25, 0.3) is 0 Å². The molecule has 4 fully saturated rings. The van der Waals surface area contributed by atoms with Gasteiger partial charge in [-0.3, -0.25) is 4.79 Å². The van der Waals surface area contributed by atoms with Crippen molar-refractivity contribution in [2.24, 2.45) is 23.2 Å². The molecule has 4 aliphatic rings. The SMILES string of the molecule is CON(C)CCC(=O)C12CC3CC(CC(C3)C1)C2. The fraction of sp³-hybridized carbons (Fsp3) is 0.933. The van der Waals surface area contributed by atoms with Crippen molar-refractivity contribution in [3.8, 4) is 0 Å². The first-order valence-corrected chi connectivity index (χ1v) is 7.40. The summed E-state index contributed by atoms with van der Waals surface area (Å²) in [5, 5.41) is 1.76. The molecular formula is C15H25NO2. The molecule has 4 saturated carbocycles. The summed E-state index contributed by atoms with van der Waals surface area (Å²) in [6.45, 7) is 0.733. The van der Waals surface area contributed by atoms with Gasteiger partial charge in [0.2, 0.25) is 0 Å². The highest BCUT2D eigenvalue weighted by molar-refractivity contribution is 5.85. The van der Waals surface area contributed by atoms with E-state index in [1.54, 1.807) is 12.2 Å². The number of carbonyl (C=O) groups excluding carboxylic acids is 1. The highest BCUT2D eigenvalue weighted by Crippen LogP contribution is 2.60. The second-order valence-corrected chi connectivity index (χ2v) is 6.91. The van der Waals surface area contributed by atoms with E-state index in [4.69, 9.17) is 4.84 Å². The minimum absolute atomic E-state index is 0.0727. The largest absolute Gasteiger partial charge is 0.303 e. The van der Waals surface area contributed by atoms with Gasteiger partial charge in [-0.25, -0.2) is 0 Å². The van der Waals surface area contributed by atoms with Gasteiger partial charge in [-0.05, 0) is 56.3 Å². The van der Waals surface area contributed by atoms with Crippen LogP contribution in [0.3, 0.4) is 0 Å². The van der Waals surface area contributed by atoms with Gasteiger partial charge in [0.15, 0.2) is 0 Å². The number of carbonyl (C=O) groups is 1. The summed E-state index contributed by atoms with van der Waals surface area (Å²) in [5.41, 5.74) is 0.0727. The van der Waals surface area contributed by atoms with Crippen LogP contribution >= 0.6 is 0 Å². The predicted octanol–water partition coefficient (Wildman–Crippen LogP) is 2.66. The van der Waals surface area contributed by atoms with E-state index < -0.39 is 0 Å². The summed E-state index contributed by atoms with van der Waals surface area (Å²) in [4.78, 5) is 17.7. The lowest BCUT2D eigenvalue weighted by atomic mass is 9.48. The summed E-state index contributed by atoms with van der Waals surface area (Å²) in [5.74, 6) is 3.10. The Morgan fingerprint density at radius 2 is 1.67 bits per heavy atom. The zero-order chi connectivity index (χ0) is 12.8. The van der Waals surface area contributed by atoms with Gasteiger partial charge in [0.05, 0.1) is 7.11 Å². The van der Waals surface area contributed by atoms with Crippen molar-refractivity contribution in [2.75, 3.05) is 20.7 Å². The molecule has 0 aliphatic heterocycles. The predicted molar refractivity (Wildman–Crippen MR) is 69.9 cm³/mol. The van der Waals surface area contributed by atoms with E-state index in [0.717, 1.165) is 24.3 Å². The van der Waals surface area contributed by atoms with Crippen LogP contribution in [0.5, 0.6) is 0 Å². The fourth-order valence-corrected chi connectivity index (χ4v) is 5.07. The van der Waals surface area contributed by atoms with Gasteiger partial charge in [0.1, 0.15) is 5.78 Å². The van der Waals surface area contributed by atoms with Crippen molar-refractivity contribution in [2.45, 2.75) is 44.9 Å². The van der Waals surface area contributed by atoms with Crippen LogP contribution < -0.4 is 0 Å². The highest BCUT2D eigenvalue weighted by atomic mass is 16.7. The zero-order valence-corrected chi connectivity index (χ0v) is 11.7. The maximum atomic E-state index is 12.6. The Morgan fingerprint density at radius 3 is 2.11 bits per heavy atom. The molecule has 0 aromatic heterocycles. The van der Waals surface area contributed by atoms with Gasteiger partial charge in [-0.15, -0.1) is 0 Å². The molecule has 18 heavy (non-hydrogen) atoms. The van der Waals surface area contributed by atoms with Crippen molar-refractivity contribution >= 4 is 5.78 Å². The van der Waals surface area contributed by atoms with Crippen molar-refractivity contribution in [1.82, 2.24) is 5.06 Å². The Hall–Kier alpha value is -0.410. The molecule has 0 spiro atoms. The Balaban J connectivity index is 1.66. The minimum atomic E-state index is 0.0727. The Kier molecular flexibility index (Phi) is 3.23. The molecule has 0 heterocycles. The lowest BCUT2D eigenvalue weighted by Gasteiger charge is -2.56. The number of Topliss-reactive ketones (excluding diaryl/α,β-unsaturated/α-hetero) is 1. The molecule has 3 heteroatoms. The number of hydrogen-bond donors (Lipinski definition) is 0. The second kappa shape index (κ2) is 4.61. The van der Waals surface area contributed by atoms with E-state index in [-0.39, 0.29) is 5.41 Å². The Labute approximate surface area is 110 Å². The molecule has 0 saturated heterocycles. The topological polar surface area (TPSA) is 29.5 Å². The van der Waals surface area contributed by atoms with Crippen LogP contribution in [0.4, 0.5) is 0 Å². The van der Waals surface area contributed by atoms with Crippen LogP contribution in [0.1, 0.15) is 44.9 Å². The van der Waals surface area contributed by atoms with Crippen LogP contribution in [0.2, 0.25) is 0 Å². The monoisotopic (exact) mass is 251 g/mol. The first-order chi connectivity index (χ1) is 8.61. The molecule has 0 aromatic rings. The van der Waals surface area contributed by atoms with Crippen molar-refractivity contribution in [3.63, 3.8) is 0 Å². The van der Waals surface area contributed by atoms with Crippen molar-refractivity contribution in [3.05, 3.63) is 0 Å². The molecule has 0 radical (unpaired) electrons. The van der Waals surface area contributed by atoms with Gasteiger partial charge in [0.25, 0.3) is 0 Å². The quantitative estimate of drug-likeness (QED) is 0.704. The number of hydrogen-bond acceptors (Lipinski definition) is 3. The van der Waals surface area contributed by atoms with E-state index in [2.05, 4.69) is 0 Å². The molecule has 4 bridgehead atoms. The number of rotatable bonds is 5. The molecule has 0 atom stereocenters. The summed E-state index contributed by atoms with van der Waals surface area (Å²) in [6.07, 6.45) is 8.45. The summed E-state index contributed by atoms with van der Waals surface area (Å²) in [6, 6.07) is 0. The Bertz CT molecular complexity index is 304. The minimum Gasteiger partial charge on any atom is -0.303 e. The molecule has 0 amide bonds.